The average molecular weight is 281 g/mol. The minimum Gasteiger partial charge on any atom is -0.293 e. The lowest BCUT2D eigenvalue weighted by Gasteiger charge is -2.31. The lowest BCUT2D eigenvalue weighted by Crippen LogP contribution is -2.40. The van der Waals surface area contributed by atoms with Crippen molar-refractivity contribution in [2.24, 2.45) is 5.92 Å². The monoisotopic (exact) mass is 281 g/mol. The van der Waals surface area contributed by atoms with Crippen molar-refractivity contribution in [3.8, 4) is 0 Å². The van der Waals surface area contributed by atoms with Crippen LogP contribution in [0.1, 0.15) is 55.1 Å². The molecule has 1 aromatic heterocycles. The van der Waals surface area contributed by atoms with Crippen molar-refractivity contribution in [1.29, 1.82) is 0 Å². The number of hydrogen-bond acceptors (Lipinski definition) is 3. The summed E-state index contributed by atoms with van der Waals surface area (Å²) in [6, 6.07) is 4.51. The third-order valence-corrected chi connectivity index (χ3v) is 4.46. The number of Topliss-reactive ketones (excluding diaryl/α,β-unsaturated/α-hetero) is 1. The third kappa shape index (κ3) is 5.07. The fraction of sp³-hybridized carbons (Fsp3) is 0.688. The minimum absolute atomic E-state index is 0.269. The predicted molar refractivity (Wildman–Crippen MR) is 84.2 cm³/mol. The lowest BCUT2D eigenvalue weighted by molar-refractivity contribution is 0.0870. The number of hydrogen-bond donors (Lipinski definition) is 0. The zero-order chi connectivity index (χ0) is 14.4. The molecule has 0 unspecified atom stereocenters. The van der Waals surface area contributed by atoms with Crippen LogP contribution in [0.5, 0.6) is 0 Å². The van der Waals surface area contributed by atoms with E-state index in [2.05, 4.69) is 32.6 Å². The van der Waals surface area contributed by atoms with Crippen LogP contribution < -0.4 is 0 Å². The SMILES string of the molecule is CCC(CC)N(CC(=O)c1ccc(C)s1)CC(C)C. The van der Waals surface area contributed by atoms with Gasteiger partial charge in [0.1, 0.15) is 0 Å². The number of carbonyl (C=O) groups is 1. The second-order valence-corrected chi connectivity index (χ2v) is 6.91. The Hall–Kier alpha value is -0.670. The number of nitrogens with zero attached hydrogens (tertiary/aromatic N) is 1. The van der Waals surface area contributed by atoms with E-state index in [1.165, 1.54) is 4.88 Å². The van der Waals surface area contributed by atoms with E-state index in [-0.39, 0.29) is 5.78 Å². The molecule has 0 saturated heterocycles. The summed E-state index contributed by atoms with van der Waals surface area (Å²) in [4.78, 5) is 16.8. The quantitative estimate of drug-likeness (QED) is 0.659. The smallest absolute Gasteiger partial charge is 0.186 e. The van der Waals surface area contributed by atoms with Gasteiger partial charge in [-0.3, -0.25) is 9.69 Å². The first-order chi connectivity index (χ1) is 8.97. The Morgan fingerprint density at radius 3 is 2.32 bits per heavy atom. The predicted octanol–water partition coefficient (Wildman–Crippen LogP) is 4.39. The molecule has 0 amide bonds. The molecule has 1 heterocycles. The summed E-state index contributed by atoms with van der Waals surface area (Å²) in [5.74, 6) is 0.865. The Morgan fingerprint density at radius 1 is 1.26 bits per heavy atom. The molecule has 0 fully saturated rings. The molecule has 108 valence electrons. The molecule has 0 bridgehead atoms. The highest BCUT2D eigenvalue weighted by atomic mass is 32.1. The van der Waals surface area contributed by atoms with Gasteiger partial charge in [0, 0.05) is 17.5 Å². The van der Waals surface area contributed by atoms with Crippen LogP contribution in [0.2, 0.25) is 0 Å². The summed E-state index contributed by atoms with van der Waals surface area (Å²) in [5.41, 5.74) is 0. The van der Waals surface area contributed by atoms with Gasteiger partial charge in [0.05, 0.1) is 11.4 Å². The molecule has 2 nitrogen and oxygen atoms in total. The van der Waals surface area contributed by atoms with Crippen molar-refractivity contribution in [2.75, 3.05) is 13.1 Å². The molecule has 0 radical (unpaired) electrons. The van der Waals surface area contributed by atoms with Gasteiger partial charge >= 0.3 is 0 Å². The van der Waals surface area contributed by atoms with Crippen LogP contribution in [0, 0.1) is 12.8 Å². The van der Waals surface area contributed by atoms with Gasteiger partial charge < -0.3 is 0 Å². The number of ketones is 1. The summed E-state index contributed by atoms with van der Waals surface area (Å²) < 4.78 is 0. The fourth-order valence-corrected chi connectivity index (χ4v) is 3.26. The lowest BCUT2D eigenvalue weighted by atomic mass is 10.1. The Kier molecular flexibility index (Phi) is 6.73. The molecule has 0 spiro atoms. The van der Waals surface area contributed by atoms with Crippen LogP contribution in [0.25, 0.3) is 0 Å². The van der Waals surface area contributed by atoms with Gasteiger partial charge in [0.2, 0.25) is 0 Å². The number of aryl methyl sites for hydroxylation is 1. The number of thiophene rings is 1. The van der Waals surface area contributed by atoms with E-state index in [9.17, 15) is 4.79 Å². The van der Waals surface area contributed by atoms with E-state index in [4.69, 9.17) is 0 Å². The van der Waals surface area contributed by atoms with Crippen molar-refractivity contribution in [2.45, 2.75) is 53.5 Å². The summed E-state index contributed by atoms with van der Waals surface area (Å²) >= 11 is 1.61. The maximum atomic E-state index is 12.4. The highest BCUT2D eigenvalue weighted by Crippen LogP contribution is 2.18. The maximum Gasteiger partial charge on any atom is 0.186 e. The van der Waals surface area contributed by atoms with E-state index in [0.717, 1.165) is 24.3 Å². The molecule has 0 atom stereocenters. The van der Waals surface area contributed by atoms with Gasteiger partial charge in [0.25, 0.3) is 0 Å². The second kappa shape index (κ2) is 7.81. The topological polar surface area (TPSA) is 20.3 Å². The van der Waals surface area contributed by atoms with Crippen molar-refractivity contribution in [1.82, 2.24) is 4.90 Å². The molecule has 1 aromatic rings. The van der Waals surface area contributed by atoms with Gasteiger partial charge in [-0.2, -0.15) is 0 Å². The minimum atomic E-state index is 0.269. The molecule has 0 aliphatic rings. The molecule has 19 heavy (non-hydrogen) atoms. The third-order valence-electron chi connectivity index (χ3n) is 3.42. The van der Waals surface area contributed by atoms with E-state index < -0.39 is 0 Å². The average Bonchev–Trinajstić information content (AvgIpc) is 2.76. The van der Waals surface area contributed by atoms with E-state index in [1.807, 2.05) is 19.1 Å². The van der Waals surface area contributed by atoms with Crippen LogP contribution >= 0.6 is 11.3 Å². The molecule has 0 saturated carbocycles. The van der Waals surface area contributed by atoms with Crippen molar-refractivity contribution in [3.05, 3.63) is 21.9 Å². The van der Waals surface area contributed by atoms with Gasteiger partial charge in [0.15, 0.2) is 5.78 Å². The number of carbonyl (C=O) groups excluding carboxylic acids is 1. The molecule has 0 aliphatic heterocycles. The Balaban J connectivity index is 2.73. The Bertz CT molecular complexity index is 393. The molecule has 0 aromatic carbocycles. The highest BCUT2D eigenvalue weighted by molar-refractivity contribution is 7.14. The van der Waals surface area contributed by atoms with Crippen LogP contribution in [-0.4, -0.2) is 29.8 Å². The van der Waals surface area contributed by atoms with Gasteiger partial charge in [-0.25, -0.2) is 0 Å². The van der Waals surface area contributed by atoms with Crippen LogP contribution in [0.4, 0.5) is 0 Å². The standard InChI is InChI=1S/C16H27NOS/c1-6-14(7-2)17(10-12(3)4)11-15(18)16-9-8-13(5)19-16/h8-9,12,14H,6-7,10-11H2,1-5H3. The summed E-state index contributed by atoms with van der Waals surface area (Å²) in [7, 11) is 0. The van der Waals surface area contributed by atoms with E-state index >= 15 is 0 Å². The zero-order valence-corrected chi connectivity index (χ0v) is 13.7. The molecular weight excluding hydrogens is 254 g/mol. The number of rotatable bonds is 8. The molecule has 3 heteroatoms. The summed E-state index contributed by atoms with van der Waals surface area (Å²) in [6.07, 6.45) is 2.22. The van der Waals surface area contributed by atoms with Crippen LogP contribution in [0.3, 0.4) is 0 Å². The van der Waals surface area contributed by atoms with Gasteiger partial charge in [-0.15, -0.1) is 11.3 Å². The first-order valence-corrected chi connectivity index (χ1v) is 8.13. The van der Waals surface area contributed by atoms with E-state index in [0.29, 0.717) is 18.5 Å². The van der Waals surface area contributed by atoms with Crippen LogP contribution in [0.15, 0.2) is 12.1 Å². The first kappa shape index (κ1) is 16.4. The maximum absolute atomic E-state index is 12.4. The highest BCUT2D eigenvalue weighted by Gasteiger charge is 2.20. The molecular formula is C16H27NOS. The van der Waals surface area contributed by atoms with Gasteiger partial charge in [-0.05, 0) is 37.8 Å². The van der Waals surface area contributed by atoms with E-state index in [1.54, 1.807) is 11.3 Å². The van der Waals surface area contributed by atoms with Gasteiger partial charge in [-0.1, -0.05) is 27.7 Å². The van der Waals surface area contributed by atoms with Crippen molar-refractivity contribution >= 4 is 17.1 Å². The summed E-state index contributed by atoms with van der Waals surface area (Å²) in [6.45, 7) is 12.5. The van der Waals surface area contributed by atoms with Crippen molar-refractivity contribution in [3.63, 3.8) is 0 Å². The first-order valence-electron chi connectivity index (χ1n) is 7.31. The molecule has 1 rings (SSSR count). The normalized spacial score (nSPS) is 11.8. The zero-order valence-electron chi connectivity index (χ0n) is 12.9. The van der Waals surface area contributed by atoms with Crippen molar-refractivity contribution < 1.29 is 4.79 Å². The Morgan fingerprint density at radius 2 is 1.89 bits per heavy atom. The molecule has 0 aliphatic carbocycles. The van der Waals surface area contributed by atoms with Crippen LogP contribution in [-0.2, 0) is 0 Å². The Labute approximate surface area is 121 Å². The molecule has 0 N–H and O–H groups in total. The second-order valence-electron chi connectivity index (χ2n) is 5.63. The largest absolute Gasteiger partial charge is 0.293 e. The summed E-state index contributed by atoms with van der Waals surface area (Å²) in [5, 5.41) is 0. The fourth-order valence-electron chi connectivity index (χ4n) is 2.46.